The number of rotatable bonds is 4. The molecule has 6 nitrogen and oxygen atoms in total. The van der Waals surface area contributed by atoms with Gasteiger partial charge >= 0.3 is 6.03 Å². The summed E-state index contributed by atoms with van der Waals surface area (Å²) in [6.07, 6.45) is -0.480. The molecule has 0 aliphatic carbocycles. The number of nitrogens with two attached hydrogens (primary N) is 1. The smallest absolute Gasteiger partial charge is 0.316 e. The first kappa shape index (κ1) is 19.2. The Morgan fingerprint density at radius 3 is 2.74 bits per heavy atom. The minimum atomic E-state index is -2.91. The Balaban J connectivity index is 1.86. The van der Waals surface area contributed by atoms with Crippen LogP contribution < -0.4 is 21.7 Å². The molecule has 1 aliphatic heterocycles. The summed E-state index contributed by atoms with van der Waals surface area (Å²) in [5, 5.41) is 7.46. The van der Waals surface area contributed by atoms with Crippen molar-refractivity contribution in [3.05, 3.63) is 41.0 Å². The normalized spacial score (nSPS) is 18.7. The summed E-state index contributed by atoms with van der Waals surface area (Å²) in [4.78, 5) is 24.5. The predicted molar refractivity (Wildman–Crippen MR) is 96.6 cm³/mol. The Labute approximate surface area is 156 Å². The van der Waals surface area contributed by atoms with Gasteiger partial charge in [-0.25, -0.2) is 18.0 Å². The van der Waals surface area contributed by atoms with Crippen molar-refractivity contribution in [2.75, 3.05) is 18.4 Å². The molecule has 0 saturated carbocycles. The van der Waals surface area contributed by atoms with Crippen LogP contribution in [0.1, 0.15) is 16.1 Å². The van der Waals surface area contributed by atoms with Crippen LogP contribution in [0.3, 0.4) is 0 Å². The molecule has 1 fully saturated rings. The number of thiophene rings is 1. The Kier molecular flexibility index (Phi) is 5.38. The quantitative estimate of drug-likeness (QED) is 0.638. The lowest BCUT2D eigenvalue weighted by Gasteiger charge is -2.30. The number of hydrogen-bond donors (Lipinski definition) is 4. The Morgan fingerprint density at radius 1 is 1.30 bits per heavy atom. The van der Waals surface area contributed by atoms with Crippen molar-refractivity contribution in [3.8, 4) is 10.4 Å². The molecule has 0 unspecified atom stereocenters. The fourth-order valence-electron chi connectivity index (χ4n) is 2.86. The van der Waals surface area contributed by atoms with E-state index in [0.717, 1.165) is 11.3 Å². The van der Waals surface area contributed by atoms with Crippen molar-refractivity contribution in [2.45, 2.75) is 18.4 Å². The van der Waals surface area contributed by atoms with Crippen LogP contribution in [0.4, 0.5) is 23.7 Å². The van der Waals surface area contributed by atoms with Crippen LogP contribution in [0.2, 0.25) is 0 Å². The minimum absolute atomic E-state index is 0.0990. The number of benzene rings is 1. The molecule has 3 amide bonds. The van der Waals surface area contributed by atoms with E-state index < -0.39 is 42.7 Å². The van der Waals surface area contributed by atoms with Crippen LogP contribution in [0, 0.1) is 5.82 Å². The first-order valence-corrected chi connectivity index (χ1v) is 8.91. The number of anilines is 1. The maximum atomic E-state index is 13.5. The van der Waals surface area contributed by atoms with E-state index in [1.807, 2.05) is 0 Å². The van der Waals surface area contributed by atoms with E-state index in [2.05, 4.69) is 16.0 Å². The van der Waals surface area contributed by atoms with Crippen LogP contribution in [-0.4, -0.2) is 37.0 Å². The predicted octanol–water partition coefficient (Wildman–Crippen LogP) is 2.77. The number of piperidine rings is 1. The number of urea groups is 1. The van der Waals surface area contributed by atoms with Crippen LogP contribution in [-0.2, 0) is 0 Å². The van der Waals surface area contributed by atoms with Crippen molar-refractivity contribution < 1.29 is 22.8 Å². The third-order valence-electron chi connectivity index (χ3n) is 3.96. The number of hydrogen-bond acceptors (Lipinski definition) is 4. The molecule has 1 aromatic carbocycles. The van der Waals surface area contributed by atoms with Gasteiger partial charge in [0.1, 0.15) is 10.7 Å². The molecule has 5 N–H and O–H groups in total. The molecular weight excluding hydrogens is 381 g/mol. The Bertz CT molecular complexity index is 872. The monoisotopic (exact) mass is 398 g/mol. The first-order chi connectivity index (χ1) is 12.7. The highest BCUT2D eigenvalue weighted by Gasteiger charge is 2.37. The van der Waals surface area contributed by atoms with E-state index >= 15 is 0 Å². The van der Waals surface area contributed by atoms with Crippen LogP contribution in [0.25, 0.3) is 10.4 Å². The lowest BCUT2D eigenvalue weighted by molar-refractivity contribution is -0.0301. The van der Waals surface area contributed by atoms with E-state index in [4.69, 9.17) is 5.73 Å². The lowest BCUT2D eigenvalue weighted by atomic mass is 10.0. The number of carbonyl (C=O) groups is 2. The van der Waals surface area contributed by atoms with Gasteiger partial charge in [-0.1, -0.05) is 12.1 Å². The van der Waals surface area contributed by atoms with E-state index in [9.17, 15) is 22.8 Å². The van der Waals surface area contributed by atoms with Crippen molar-refractivity contribution in [2.24, 2.45) is 5.73 Å². The zero-order chi connectivity index (χ0) is 19.6. The molecule has 144 valence electrons. The van der Waals surface area contributed by atoms with Gasteiger partial charge in [0.25, 0.3) is 11.8 Å². The third-order valence-corrected chi connectivity index (χ3v) is 5.14. The highest BCUT2D eigenvalue weighted by molar-refractivity contribution is 7.18. The lowest BCUT2D eigenvalue weighted by Crippen LogP contribution is -2.53. The van der Waals surface area contributed by atoms with Gasteiger partial charge in [0.15, 0.2) is 0 Å². The molecule has 2 heterocycles. The van der Waals surface area contributed by atoms with Crippen LogP contribution in [0.5, 0.6) is 0 Å². The van der Waals surface area contributed by atoms with Gasteiger partial charge in [0.05, 0.1) is 12.2 Å². The van der Waals surface area contributed by atoms with E-state index in [1.165, 1.54) is 24.3 Å². The topological polar surface area (TPSA) is 96.2 Å². The van der Waals surface area contributed by atoms with Gasteiger partial charge in [0, 0.05) is 23.9 Å². The largest absolute Gasteiger partial charge is 0.351 e. The van der Waals surface area contributed by atoms with Gasteiger partial charge in [-0.15, -0.1) is 11.3 Å². The second kappa shape index (κ2) is 7.57. The second-order valence-electron chi connectivity index (χ2n) is 6.21. The van der Waals surface area contributed by atoms with Crippen molar-refractivity contribution in [3.63, 3.8) is 0 Å². The van der Waals surface area contributed by atoms with Crippen LogP contribution in [0.15, 0.2) is 30.3 Å². The van der Waals surface area contributed by atoms with E-state index in [-0.39, 0.29) is 17.1 Å². The fourth-order valence-corrected chi connectivity index (χ4v) is 3.87. The molecule has 0 radical (unpaired) electrons. The summed E-state index contributed by atoms with van der Waals surface area (Å²) in [6.45, 7) is -0.224. The molecule has 1 aliphatic rings. The zero-order valence-corrected chi connectivity index (χ0v) is 14.8. The maximum Gasteiger partial charge on any atom is 0.316 e. The highest BCUT2D eigenvalue weighted by atomic mass is 32.1. The molecule has 2 aromatic rings. The minimum Gasteiger partial charge on any atom is -0.351 e. The SMILES string of the molecule is NC(=O)Nc1cc(-c2cccc(F)c2)sc1C(=O)N[C@H]1CNCC(F)(F)C1. The molecule has 0 bridgehead atoms. The average Bonchev–Trinajstić information content (AvgIpc) is 2.97. The zero-order valence-electron chi connectivity index (χ0n) is 14.0. The number of halogens is 3. The molecule has 0 spiro atoms. The summed E-state index contributed by atoms with van der Waals surface area (Å²) < 4.78 is 40.5. The molecule has 1 saturated heterocycles. The van der Waals surface area contributed by atoms with Crippen LogP contribution >= 0.6 is 11.3 Å². The number of carbonyl (C=O) groups excluding carboxylic acids is 2. The molecule has 27 heavy (non-hydrogen) atoms. The average molecular weight is 398 g/mol. The summed E-state index contributed by atoms with van der Waals surface area (Å²) >= 11 is 1.00. The van der Waals surface area contributed by atoms with Gasteiger partial charge in [0.2, 0.25) is 0 Å². The number of primary amides is 1. The van der Waals surface area contributed by atoms with Gasteiger partial charge < -0.3 is 21.7 Å². The molecule has 1 atom stereocenters. The standard InChI is InChI=1S/C17H17F3N4O2S/c18-10-3-1-2-9(4-10)13-5-12(24-16(21)26)14(27-13)15(25)23-11-6-17(19,20)8-22-7-11/h1-5,11,22H,6-8H2,(H,23,25)(H3,21,24,26)/t11-/m1/s1. The number of nitrogens with one attached hydrogen (secondary N) is 3. The molecular formula is C17H17F3N4O2S. The maximum absolute atomic E-state index is 13.5. The second-order valence-corrected chi connectivity index (χ2v) is 7.27. The van der Waals surface area contributed by atoms with Crippen molar-refractivity contribution >= 4 is 29.0 Å². The van der Waals surface area contributed by atoms with Crippen molar-refractivity contribution in [1.82, 2.24) is 10.6 Å². The summed E-state index contributed by atoms with van der Waals surface area (Å²) in [5.74, 6) is -3.98. The Morgan fingerprint density at radius 2 is 2.07 bits per heavy atom. The van der Waals surface area contributed by atoms with Gasteiger partial charge in [-0.3, -0.25) is 4.79 Å². The van der Waals surface area contributed by atoms with Gasteiger partial charge in [-0.2, -0.15) is 0 Å². The van der Waals surface area contributed by atoms with Gasteiger partial charge in [-0.05, 0) is 23.8 Å². The number of amides is 3. The fraction of sp³-hybridized carbons (Fsp3) is 0.294. The van der Waals surface area contributed by atoms with Crippen molar-refractivity contribution in [1.29, 1.82) is 0 Å². The third kappa shape index (κ3) is 4.77. The Hall–Kier alpha value is -2.59. The molecule has 10 heteroatoms. The highest BCUT2D eigenvalue weighted by Crippen LogP contribution is 2.35. The summed E-state index contributed by atoms with van der Waals surface area (Å²) in [7, 11) is 0. The van der Waals surface area contributed by atoms with E-state index in [1.54, 1.807) is 6.07 Å². The number of alkyl halides is 2. The first-order valence-electron chi connectivity index (χ1n) is 8.09. The molecule has 1 aromatic heterocycles. The summed E-state index contributed by atoms with van der Waals surface area (Å²) in [6, 6.07) is 5.59. The molecule has 3 rings (SSSR count). The summed E-state index contributed by atoms with van der Waals surface area (Å²) in [5.41, 5.74) is 5.79. The van der Waals surface area contributed by atoms with E-state index in [0.29, 0.717) is 10.4 Å².